The molecule has 21 heavy (non-hydrogen) atoms. The summed E-state index contributed by atoms with van der Waals surface area (Å²) in [6.07, 6.45) is 2.43. The van der Waals surface area contributed by atoms with Crippen LogP contribution in [0.5, 0.6) is 0 Å². The maximum atomic E-state index is 5.82. The molecule has 1 saturated heterocycles. The Morgan fingerprint density at radius 3 is 3.05 bits per heavy atom. The number of nitrogens with zero attached hydrogens (tertiary/aromatic N) is 3. The number of tetrazole rings is 1. The second kappa shape index (κ2) is 6.22. The second-order valence-electron chi connectivity index (χ2n) is 5.84. The summed E-state index contributed by atoms with van der Waals surface area (Å²) in [5.74, 6) is 1.17. The predicted octanol–water partition coefficient (Wildman–Crippen LogP) is 2.48. The van der Waals surface area contributed by atoms with E-state index in [1.807, 2.05) is 12.1 Å². The maximum absolute atomic E-state index is 5.82. The Kier molecular flexibility index (Phi) is 4.15. The fourth-order valence-electron chi connectivity index (χ4n) is 2.69. The van der Waals surface area contributed by atoms with Gasteiger partial charge in [0.2, 0.25) is 5.82 Å². The molecular weight excluding hydrogens is 266 g/mol. The second-order valence-corrected chi connectivity index (χ2v) is 5.84. The van der Waals surface area contributed by atoms with Gasteiger partial charge in [0.25, 0.3) is 0 Å². The van der Waals surface area contributed by atoms with Gasteiger partial charge in [-0.25, -0.2) is 0 Å². The zero-order chi connectivity index (χ0) is 14.7. The molecule has 2 heterocycles. The fourth-order valence-corrected chi connectivity index (χ4v) is 2.69. The molecule has 0 radical (unpaired) electrons. The van der Waals surface area contributed by atoms with E-state index in [1.54, 1.807) is 0 Å². The topological polar surface area (TPSA) is 75.7 Å². The molecule has 2 atom stereocenters. The lowest BCUT2D eigenvalue weighted by molar-refractivity contribution is -0.0160. The SMILES string of the molecule is CC(C)C1CC(Nc2cccc(-c3nn[nH]n3)c2)CCO1. The Bertz CT molecular complexity index is 569. The molecule has 1 aliphatic heterocycles. The van der Waals surface area contributed by atoms with Gasteiger partial charge < -0.3 is 10.1 Å². The van der Waals surface area contributed by atoms with Crippen molar-refractivity contribution in [3.63, 3.8) is 0 Å². The first kappa shape index (κ1) is 14.0. The van der Waals surface area contributed by atoms with Crippen LogP contribution in [0.25, 0.3) is 11.4 Å². The minimum Gasteiger partial charge on any atom is -0.382 e. The van der Waals surface area contributed by atoms with Crippen molar-refractivity contribution in [2.75, 3.05) is 11.9 Å². The van der Waals surface area contributed by atoms with E-state index in [9.17, 15) is 0 Å². The lowest BCUT2D eigenvalue weighted by Gasteiger charge is -2.33. The number of benzene rings is 1. The number of aromatic amines is 1. The van der Waals surface area contributed by atoms with Crippen molar-refractivity contribution in [1.82, 2.24) is 20.6 Å². The van der Waals surface area contributed by atoms with Crippen molar-refractivity contribution in [3.05, 3.63) is 24.3 Å². The van der Waals surface area contributed by atoms with Crippen LogP contribution in [0.4, 0.5) is 5.69 Å². The highest BCUT2D eigenvalue weighted by Crippen LogP contribution is 2.25. The molecule has 0 bridgehead atoms. The number of aromatic nitrogens is 4. The van der Waals surface area contributed by atoms with Gasteiger partial charge in [0.1, 0.15) is 0 Å². The lowest BCUT2D eigenvalue weighted by atomic mass is 9.95. The summed E-state index contributed by atoms with van der Waals surface area (Å²) in [7, 11) is 0. The van der Waals surface area contributed by atoms with Gasteiger partial charge in [0, 0.05) is 23.9 Å². The lowest BCUT2D eigenvalue weighted by Crippen LogP contribution is -2.36. The number of hydrogen-bond donors (Lipinski definition) is 2. The molecule has 2 N–H and O–H groups in total. The zero-order valence-electron chi connectivity index (χ0n) is 12.4. The van der Waals surface area contributed by atoms with Crippen LogP contribution in [-0.4, -0.2) is 39.4 Å². The summed E-state index contributed by atoms with van der Waals surface area (Å²) in [5.41, 5.74) is 2.05. The zero-order valence-corrected chi connectivity index (χ0v) is 12.4. The van der Waals surface area contributed by atoms with Crippen LogP contribution < -0.4 is 5.32 Å². The van der Waals surface area contributed by atoms with Gasteiger partial charge in [0.05, 0.1) is 6.10 Å². The highest BCUT2D eigenvalue weighted by atomic mass is 16.5. The Balaban J connectivity index is 1.69. The molecule has 1 aliphatic rings. The summed E-state index contributed by atoms with van der Waals surface area (Å²) in [6.45, 7) is 5.25. The van der Waals surface area contributed by atoms with E-state index in [2.05, 4.69) is 51.9 Å². The third-order valence-electron chi connectivity index (χ3n) is 3.90. The first-order valence-corrected chi connectivity index (χ1v) is 7.44. The van der Waals surface area contributed by atoms with Crippen molar-refractivity contribution < 1.29 is 4.74 Å². The molecule has 6 nitrogen and oxygen atoms in total. The number of ether oxygens (including phenoxy) is 1. The standard InChI is InChI=1S/C15H21N5O/c1-10(2)14-9-13(6-7-21-14)16-12-5-3-4-11(8-12)15-17-19-20-18-15/h3-5,8,10,13-14,16H,6-7,9H2,1-2H3,(H,17,18,19,20). The molecule has 0 spiro atoms. The van der Waals surface area contributed by atoms with Crippen LogP contribution in [0.15, 0.2) is 24.3 Å². The monoisotopic (exact) mass is 287 g/mol. The summed E-state index contributed by atoms with van der Waals surface area (Å²) in [4.78, 5) is 0. The van der Waals surface area contributed by atoms with Crippen molar-refractivity contribution >= 4 is 5.69 Å². The van der Waals surface area contributed by atoms with Crippen LogP contribution in [0.3, 0.4) is 0 Å². The summed E-state index contributed by atoms with van der Waals surface area (Å²) in [6, 6.07) is 8.57. The molecule has 3 rings (SSSR count). The van der Waals surface area contributed by atoms with Gasteiger partial charge in [-0.2, -0.15) is 5.21 Å². The number of anilines is 1. The number of H-pyrrole nitrogens is 1. The molecule has 112 valence electrons. The summed E-state index contributed by atoms with van der Waals surface area (Å²) < 4.78 is 5.82. The Hall–Kier alpha value is -1.95. The molecule has 6 heteroatoms. The van der Waals surface area contributed by atoms with E-state index in [-0.39, 0.29) is 0 Å². The summed E-state index contributed by atoms with van der Waals surface area (Å²) >= 11 is 0. The Morgan fingerprint density at radius 2 is 2.29 bits per heavy atom. The quantitative estimate of drug-likeness (QED) is 0.903. The van der Waals surface area contributed by atoms with E-state index >= 15 is 0 Å². The van der Waals surface area contributed by atoms with Gasteiger partial charge in [-0.05, 0) is 36.1 Å². The number of hydrogen-bond acceptors (Lipinski definition) is 5. The van der Waals surface area contributed by atoms with Crippen molar-refractivity contribution in [2.24, 2.45) is 5.92 Å². The first-order valence-electron chi connectivity index (χ1n) is 7.44. The van der Waals surface area contributed by atoms with E-state index in [0.29, 0.717) is 23.9 Å². The van der Waals surface area contributed by atoms with E-state index in [0.717, 1.165) is 30.7 Å². The third-order valence-corrected chi connectivity index (χ3v) is 3.90. The van der Waals surface area contributed by atoms with Crippen LogP contribution in [0, 0.1) is 5.92 Å². The van der Waals surface area contributed by atoms with Gasteiger partial charge in [0.15, 0.2) is 0 Å². The molecule has 2 unspecified atom stereocenters. The molecule has 0 saturated carbocycles. The summed E-state index contributed by atoms with van der Waals surface area (Å²) in [5, 5.41) is 17.7. The maximum Gasteiger partial charge on any atom is 0.204 e. The van der Waals surface area contributed by atoms with Crippen LogP contribution >= 0.6 is 0 Å². The fraction of sp³-hybridized carbons (Fsp3) is 0.533. The van der Waals surface area contributed by atoms with Crippen molar-refractivity contribution in [2.45, 2.75) is 38.8 Å². The number of rotatable bonds is 4. The van der Waals surface area contributed by atoms with Gasteiger partial charge >= 0.3 is 0 Å². The molecule has 1 aromatic heterocycles. The highest BCUT2D eigenvalue weighted by Gasteiger charge is 2.24. The first-order chi connectivity index (χ1) is 10.2. The Morgan fingerprint density at radius 1 is 1.38 bits per heavy atom. The average Bonchev–Trinajstić information content (AvgIpc) is 3.02. The smallest absolute Gasteiger partial charge is 0.204 e. The minimum atomic E-state index is 0.344. The molecule has 1 fully saturated rings. The highest BCUT2D eigenvalue weighted by molar-refractivity contribution is 5.61. The van der Waals surface area contributed by atoms with Crippen LogP contribution in [0.1, 0.15) is 26.7 Å². The minimum absolute atomic E-state index is 0.344. The van der Waals surface area contributed by atoms with E-state index in [4.69, 9.17) is 4.74 Å². The van der Waals surface area contributed by atoms with Crippen molar-refractivity contribution in [3.8, 4) is 11.4 Å². The van der Waals surface area contributed by atoms with Gasteiger partial charge in [-0.3, -0.25) is 0 Å². The molecule has 0 aliphatic carbocycles. The van der Waals surface area contributed by atoms with Gasteiger partial charge in [-0.1, -0.05) is 26.0 Å². The normalized spacial score (nSPS) is 22.4. The van der Waals surface area contributed by atoms with Gasteiger partial charge in [-0.15, -0.1) is 10.2 Å². The number of nitrogens with one attached hydrogen (secondary N) is 2. The predicted molar refractivity (Wildman–Crippen MR) is 80.8 cm³/mol. The Labute approximate surface area is 124 Å². The molecule has 0 amide bonds. The molecule has 1 aromatic carbocycles. The molecule has 2 aromatic rings. The van der Waals surface area contributed by atoms with E-state index < -0.39 is 0 Å². The van der Waals surface area contributed by atoms with Crippen LogP contribution in [-0.2, 0) is 4.74 Å². The van der Waals surface area contributed by atoms with Crippen molar-refractivity contribution in [1.29, 1.82) is 0 Å². The molecular formula is C15H21N5O. The third kappa shape index (κ3) is 3.39. The largest absolute Gasteiger partial charge is 0.382 e. The van der Waals surface area contributed by atoms with E-state index in [1.165, 1.54) is 0 Å². The van der Waals surface area contributed by atoms with Crippen LogP contribution in [0.2, 0.25) is 0 Å². The average molecular weight is 287 g/mol.